The first kappa shape index (κ1) is 20.3. The Morgan fingerprint density at radius 3 is 2.38 bits per heavy atom. The molecule has 0 spiro atoms. The second kappa shape index (κ2) is 8.31. The fourth-order valence-corrected chi connectivity index (χ4v) is 3.50. The van der Waals surface area contributed by atoms with Crippen molar-refractivity contribution in [1.82, 2.24) is 15.1 Å². The molecule has 29 heavy (non-hydrogen) atoms. The number of hydrogen-bond acceptors (Lipinski definition) is 3. The summed E-state index contributed by atoms with van der Waals surface area (Å²) in [6.45, 7) is 6.21. The Morgan fingerprint density at radius 2 is 1.79 bits per heavy atom. The minimum atomic E-state index is -1.48. The molecule has 2 N–H and O–H groups in total. The summed E-state index contributed by atoms with van der Waals surface area (Å²) in [5.41, 5.74) is 2.37. The Morgan fingerprint density at radius 1 is 1.07 bits per heavy atom. The monoisotopic (exact) mass is 391 g/mol. The van der Waals surface area contributed by atoms with Gasteiger partial charge in [-0.2, -0.15) is 5.10 Å². The number of hydrogen-bond donors (Lipinski definition) is 2. The number of aliphatic carboxylic acids is 1. The van der Waals surface area contributed by atoms with Crippen LogP contribution in [0.25, 0.3) is 0 Å². The van der Waals surface area contributed by atoms with Crippen LogP contribution in [0.2, 0.25) is 0 Å². The van der Waals surface area contributed by atoms with Crippen molar-refractivity contribution in [2.75, 3.05) is 0 Å². The topological polar surface area (TPSA) is 84.2 Å². The minimum Gasteiger partial charge on any atom is -0.479 e. The van der Waals surface area contributed by atoms with Crippen LogP contribution in [0.3, 0.4) is 0 Å². The number of carboxylic acids is 1. The van der Waals surface area contributed by atoms with Crippen molar-refractivity contribution in [3.63, 3.8) is 0 Å². The SMILES string of the molecule is CCC(NC(=O)c1cccc(Cn2nc(C)cc2C)c1)(C(=O)O)c1ccccc1. The van der Waals surface area contributed by atoms with E-state index in [1.165, 1.54) is 0 Å². The van der Waals surface area contributed by atoms with Gasteiger partial charge >= 0.3 is 5.97 Å². The maximum atomic E-state index is 13.0. The zero-order valence-electron chi connectivity index (χ0n) is 16.8. The summed E-state index contributed by atoms with van der Waals surface area (Å²) in [7, 11) is 0. The van der Waals surface area contributed by atoms with E-state index in [4.69, 9.17) is 0 Å². The van der Waals surface area contributed by atoms with Gasteiger partial charge in [0.25, 0.3) is 5.91 Å². The molecule has 0 bridgehead atoms. The highest BCUT2D eigenvalue weighted by atomic mass is 16.4. The molecule has 150 valence electrons. The van der Waals surface area contributed by atoms with E-state index in [2.05, 4.69) is 10.4 Å². The lowest BCUT2D eigenvalue weighted by atomic mass is 9.86. The molecule has 1 heterocycles. The van der Waals surface area contributed by atoms with E-state index in [0.717, 1.165) is 17.0 Å². The van der Waals surface area contributed by atoms with Crippen LogP contribution < -0.4 is 5.32 Å². The first-order chi connectivity index (χ1) is 13.9. The van der Waals surface area contributed by atoms with E-state index in [9.17, 15) is 14.7 Å². The third-order valence-corrected chi connectivity index (χ3v) is 5.11. The Hall–Kier alpha value is -3.41. The molecular weight excluding hydrogens is 366 g/mol. The zero-order valence-corrected chi connectivity index (χ0v) is 16.8. The molecule has 1 aromatic heterocycles. The van der Waals surface area contributed by atoms with Gasteiger partial charge in [-0.3, -0.25) is 9.48 Å². The van der Waals surface area contributed by atoms with Crippen LogP contribution in [-0.2, 0) is 16.9 Å². The van der Waals surface area contributed by atoms with Crippen molar-refractivity contribution in [3.8, 4) is 0 Å². The highest BCUT2D eigenvalue weighted by molar-refractivity contribution is 5.98. The second-order valence-electron chi connectivity index (χ2n) is 7.17. The molecule has 0 saturated heterocycles. The molecule has 0 radical (unpaired) electrons. The van der Waals surface area contributed by atoms with Crippen molar-refractivity contribution in [2.24, 2.45) is 0 Å². The van der Waals surface area contributed by atoms with Crippen molar-refractivity contribution in [2.45, 2.75) is 39.3 Å². The number of amides is 1. The van der Waals surface area contributed by atoms with Gasteiger partial charge in [0.15, 0.2) is 5.54 Å². The summed E-state index contributed by atoms with van der Waals surface area (Å²) in [5, 5.41) is 17.1. The lowest BCUT2D eigenvalue weighted by Gasteiger charge is -2.30. The van der Waals surface area contributed by atoms with Gasteiger partial charge in [0, 0.05) is 11.3 Å². The van der Waals surface area contributed by atoms with Crippen LogP contribution in [0, 0.1) is 13.8 Å². The predicted molar refractivity (Wildman–Crippen MR) is 111 cm³/mol. The maximum Gasteiger partial charge on any atom is 0.334 e. The van der Waals surface area contributed by atoms with Crippen molar-refractivity contribution in [3.05, 3.63) is 88.7 Å². The lowest BCUT2D eigenvalue weighted by molar-refractivity contribution is -0.145. The van der Waals surface area contributed by atoms with Crippen LogP contribution >= 0.6 is 0 Å². The number of rotatable bonds is 7. The Bertz CT molecular complexity index is 1030. The van der Waals surface area contributed by atoms with Gasteiger partial charge < -0.3 is 10.4 Å². The van der Waals surface area contributed by atoms with Crippen molar-refractivity contribution in [1.29, 1.82) is 0 Å². The van der Waals surface area contributed by atoms with Crippen LogP contribution in [0.15, 0.2) is 60.7 Å². The largest absolute Gasteiger partial charge is 0.479 e. The van der Waals surface area contributed by atoms with Crippen molar-refractivity contribution >= 4 is 11.9 Å². The van der Waals surface area contributed by atoms with E-state index in [0.29, 0.717) is 17.7 Å². The van der Waals surface area contributed by atoms with Gasteiger partial charge in [-0.25, -0.2) is 4.79 Å². The molecule has 0 saturated carbocycles. The number of carbonyl (C=O) groups excluding carboxylic acids is 1. The summed E-state index contributed by atoms with van der Waals surface area (Å²) < 4.78 is 1.88. The molecule has 6 heteroatoms. The molecule has 0 aliphatic carbocycles. The number of nitrogens with zero attached hydrogens (tertiary/aromatic N) is 2. The highest BCUT2D eigenvalue weighted by Gasteiger charge is 2.40. The molecule has 1 atom stereocenters. The van der Waals surface area contributed by atoms with E-state index in [1.54, 1.807) is 49.4 Å². The van der Waals surface area contributed by atoms with Crippen LogP contribution in [-0.4, -0.2) is 26.8 Å². The average molecular weight is 391 g/mol. The number of carbonyl (C=O) groups is 2. The molecule has 2 aromatic carbocycles. The summed E-state index contributed by atoms with van der Waals surface area (Å²) in [4.78, 5) is 25.1. The normalized spacial score (nSPS) is 12.9. The Kier molecular flexibility index (Phi) is 5.82. The van der Waals surface area contributed by atoms with Gasteiger partial charge in [0.05, 0.1) is 12.2 Å². The van der Waals surface area contributed by atoms with Crippen LogP contribution in [0.5, 0.6) is 0 Å². The van der Waals surface area contributed by atoms with E-state index in [-0.39, 0.29) is 6.42 Å². The van der Waals surface area contributed by atoms with Gasteiger partial charge in [-0.15, -0.1) is 0 Å². The third kappa shape index (κ3) is 4.21. The van der Waals surface area contributed by atoms with E-state index < -0.39 is 17.4 Å². The second-order valence-corrected chi connectivity index (χ2v) is 7.17. The maximum absolute atomic E-state index is 13.0. The number of aromatic nitrogens is 2. The number of nitrogens with one attached hydrogen (secondary N) is 1. The summed E-state index contributed by atoms with van der Waals surface area (Å²) in [6.07, 6.45) is 0.226. The Labute approximate surface area is 170 Å². The average Bonchev–Trinajstić information content (AvgIpc) is 3.03. The molecule has 3 rings (SSSR count). The summed E-state index contributed by atoms with van der Waals surface area (Å²) in [6, 6.07) is 18.0. The van der Waals surface area contributed by atoms with Crippen LogP contribution in [0.4, 0.5) is 0 Å². The molecule has 1 unspecified atom stereocenters. The van der Waals surface area contributed by atoms with Gasteiger partial charge in [0.1, 0.15) is 0 Å². The van der Waals surface area contributed by atoms with Gasteiger partial charge in [0.2, 0.25) is 0 Å². The molecule has 0 aliphatic rings. The van der Waals surface area contributed by atoms with Crippen LogP contribution in [0.1, 0.15) is 46.2 Å². The zero-order chi connectivity index (χ0) is 21.0. The molecule has 0 aliphatic heterocycles. The molecule has 3 aromatic rings. The van der Waals surface area contributed by atoms with E-state index in [1.807, 2.05) is 36.7 Å². The fraction of sp³-hybridized carbons (Fsp3) is 0.261. The number of aryl methyl sites for hydroxylation is 2. The predicted octanol–water partition coefficient (Wildman–Crippen LogP) is 3.67. The smallest absolute Gasteiger partial charge is 0.334 e. The molecule has 0 fully saturated rings. The third-order valence-electron chi connectivity index (χ3n) is 5.11. The van der Waals surface area contributed by atoms with E-state index >= 15 is 0 Å². The van der Waals surface area contributed by atoms with Crippen molar-refractivity contribution < 1.29 is 14.7 Å². The molecular formula is C23H25N3O3. The number of carboxylic acid groups (broad SMARTS) is 1. The summed E-state index contributed by atoms with van der Waals surface area (Å²) >= 11 is 0. The number of benzene rings is 2. The fourth-order valence-electron chi connectivity index (χ4n) is 3.50. The van der Waals surface area contributed by atoms with Gasteiger partial charge in [-0.05, 0) is 49.6 Å². The lowest BCUT2D eigenvalue weighted by Crippen LogP contribution is -2.51. The highest BCUT2D eigenvalue weighted by Crippen LogP contribution is 2.26. The first-order valence-electron chi connectivity index (χ1n) is 9.57. The Balaban J connectivity index is 1.87. The first-order valence-corrected chi connectivity index (χ1v) is 9.57. The molecule has 6 nitrogen and oxygen atoms in total. The summed E-state index contributed by atoms with van der Waals surface area (Å²) in [5.74, 6) is -1.51. The molecule has 1 amide bonds. The quantitative estimate of drug-likeness (QED) is 0.644. The van der Waals surface area contributed by atoms with Gasteiger partial charge in [-0.1, -0.05) is 49.4 Å². The standard InChI is InChI=1S/C23H25N3O3/c1-4-23(22(28)29,20-11-6-5-7-12-20)24-21(27)19-10-8-9-18(14-19)15-26-17(3)13-16(2)25-26/h5-14H,4,15H2,1-3H3,(H,24,27)(H,28,29). The minimum absolute atomic E-state index is 0.226.